The van der Waals surface area contributed by atoms with E-state index < -0.39 is 18.4 Å². The molecule has 2 aromatic rings. The molecular weight excluding hydrogens is 365 g/mol. The van der Waals surface area contributed by atoms with Crippen molar-refractivity contribution in [1.29, 1.82) is 0 Å². The number of esters is 1. The summed E-state index contributed by atoms with van der Waals surface area (Å²) in [6, 6.07) is 13.1. The van der Waals surface area contributed by atoms with Crippen LogP contribution in [0, 0.1) is 0 Å². The van der Waals surface area contributed by atoms with Crippen molar-refractivity contribution >= 4 is 46.5 Å². The van der Waals surface area contributed by atoms with E-state index >= 15 is 0 Å². The van der Waals surface area contributed by atoms with E-state index in [-0.39, 0.29) is 24.3 Å². The van der Waals surface area contributed by atoms with Crippen LogP contribution < -0.4 is 5.32 Å². The lowest BCUT2D eigenvalue weighted by molar-refractivity contribution is -0.143. The largest absolute Gasteiger partial charge is 0.457 e. The Labute approximate surface area is 154 Å². The number of anilines is 1. The number of hydrogen-bond acceptors (Lipinski definition) is 4. The van der Waals surface area contributed by atoms with Gasteiger partial charge in [-0.1, -0.05) is 35.3 Å². The van der Waals surface area contributed by atoms with Gasteiger partial charge in [0.2, 0.25) is 11.7 Å². The molecule has 0 aliphatic heterocycles. The highest BCUT2D eigenvalue weighted by atomic mass is 35.5. The number of rotatable bonds is 7. The summed E-state index contributed by atoms with van der Waals surface area (Å²) in [5, 5.41) is 3.49. The van der Waals surface area contributed by atoms with Gasteiger partial charge >= 0.3 is 5.97 Å². The number of amides is 1. The van der Waals surface area contributed by atoms with E-state index in [1.165, 1.54) is 0 Å². The van der Waals surface area contributed by atoms with E-state index in [9.17, 15) is 14.4 Å². The molecule has 0 atom stereocenters. The number of hydrogen-bond donors (Lipinski definition) is 1. The minimum atomic E-state index is -0.633. The summed E-state index contributed by atoms with van der Waals surface area (Å²) in [6.07, 6.45) is -0.184. The van der Waals surface area contributed by atoms with Crippen LogP contribution in [0.1, 0.15) is 23.2 Å². The number of carbonyl (C=O) groups is 3. The summed E-state index contributed by atoms with van der Waals surface area (Å²) in [4.78, 5) is 35.4. The number of Topliss-reactive ketones (excluding diaryl/α,β-unsaturated/α-hetero) is 1. The van der Waals surface area contributed by atoms with E-state index in [0.29, 0.717) is 15.7 Å². The van der Waals surface area contributed by atoms with Gasteiger partial charge in [-0.2, -0.15) is 0 Å². The van der Waals surface area contributed by atoms with Crippen molar-refractivity contribution < 1.29 is 19.1 Å². The van der Waals surface area contributed by atoms with Gasteiger partial charge in [0.15, 0.2) is 6.61 Å². The highest BCUT2D eigenvalue weighted by Gasteiger charge is 2.14. The van der Waals surface area contributed by atoms with Gasteiger partial charge in [0.25, 0.3) is 0 Å². The fourth-order valence-corrected chi connectivity index (χ4v) is 2.32. The number of nitrogens with one attached hydrogen (secondary N) is 1. The molecule has 2 aromatic carbocycles. The van der Waals surface area contributed by atoms with Gasteiger partial charge in [-0.3, -0.25) is 14.4 Å². The minimum absolute atomic E-state index is 0.0538. The summed E-state index contributed by atoms with van der Waals surface area (Å²) in [5.41, 5.74) is 0.870. The average molecular weight is 380 g/mol. The Balaban J connectivity index is 1.73. The van der Waals surface area contributed by atoms with E-state index in [1.54, 1.807) is 48.5 Å². The second kappa shape index (κ2) is 9.20. The topological polar surface area (TPSA) is 72.5 Å². The van der Waals surface area contributed by atoms with Crippen LogP contribution >= 0.6 is 23.2 Å². The van der Waals surface area contributed by atoms with Crippen LogP contribution in [0.25, 0.3) is 0 Å². The van der Waals surface area contributed by atoms with Crippen LogP contribution in [0.15, 0.2) is 48.5 Å². The quantitative estimate of drug-likeness (QED) is 0.579. The monoisotopic (exact) mass is 379 g/mol. The van der Waals surface area contributed by atoms with Gasteiger partial charge in [-0.05, 0) is 36.4 Å². The van der Waals surface area contributed by atoms with Gasteiger partial charge in [0.1, 0.15) is 0 Å². The van der Waals surface area contributed by atoms with E-state index in [0.717, 1.165) is 0 Å². The first-order valence-corrected chi connectivity index (χ1v) is 8.20. The summed E-state index contributed by atoms with van der Waals surface area (Å²) < 4.78 is 4.89. The van der Waals surface area contributed by atoms with Crippen molar-refractivity contribution in [3.05, 3.63) is 64.1 Å². The number of benzene rings is 2. The second-order valence-corrected chi connectivity index (χ2v) is 5.96. The summed E-state index contributed by atoms with van der Waals surface area (Å²) in [7, 11) is 0. The molecule has 0 radical (unpaired) electrons. The third-order valence-corrected chi connectivity index (χ3v) is 3.80. The molecule has 0 aliphatic carbocycles. The van der Waals surface area contributed by atoms with Gasteiger partial charge in [0.05, 0.1) is 11.4 Å². The lowest BCUT2D eigenvalue weighted by Crippen LogP contribution is -2.17. The van der Waals surface area contributed by atoms with Crippen molar-refractivity contribution in [3.8, 4) is 0 Å². The second-order valence-electron chi connectivity index (χ2n) is 5.12. The van der Waals surface area contributed by atoms with E-state index in [4.69, 9.17) is 27.9 Å². The van der Waals surface area contributed by atoms with Crippen LogP contribution in [-0.4, -0.2) is 24.3 Å². The molecule has 1 N–H and O–H groups in total. The van der Waals surface area contributed by atoms with Crippen LogP contribution in [0.5, 0.6) is 0 Å². The molecular formula is C18H15Cl2NO4. The van der Waals surface area contributed by atoms with Crippen molar-refractivity contribution in [1.82, 2.24) is 0 Å². The fourth-order valence-electron chi connectivity index (χ4n) is 1.96. The Hall–Kier alpha value is -2.37. The van der Waals surface area contributed by atoms with Crippen LogP contribution in [-0.2, 0) is 14.3 Å². The third kappa shape index (κ3) is 6.21. The number of ether oxygens (including phenoxy) is 1. The highest BCUT2D eigenvalue weighted by molar-refractivity contribution is 6.34. The maximum absolute atomic E-state index is 11.9. The van der Waals surface area contributed by atoms with E-state index in [1.807, 2.05) is 0 Å². The molecule has 0 aromatic heterocycles. The van der Waals surface area contributed by atoms with Crippen molar-refractivity contribution in [2.45, 2.75) is 12.8 Å². The minimum Gasteiger partial charge on any atom is -0.457 e. The van der Waals surface area contributed by atoms with Crippen LogP contribution in [0.2, 0.25) is 10.0 Å². The molecule has 0 fully saturated rings. The standard InChI is InChI=1S/C18H15Cl2NO4/c19-12-5-7-13(8-6-12)21-17(23)9-10-18(24)25-11-16(22)14-3-1-2-4-15(14)20/h1-8H,9-11H2,(H,21,23). The predicted molar refractivity (Wildman–Crippen MR) is 96.1 cm³/mol. The summed E-state index contributed by atoms with van der Waals surface area (Å²) in [6.45, 7) is -0.415. The maximum atomic E-state index is 11.9. The zero-order chi connectivity index (χ0) is 18.2. The van der Waals surface area contributed by atoms with Crippen LogP contribution in [0.4, 0.5) is 5.69 Å². The number of ketones is 1. The molecule has 25 heavy (non-hydrogen) atoms. The zero-order valence-electron chi connectivity index (χ0n) is 13.1. The first kappa shape index (κ1) is 19.0. The Morgan fingerprint density at radius 2 is 1.60 bits per heavy atom. The Morgan fingerprint density at radius 3 is 2.28 bits per heavy atom. The molecule has 2 rings (SSSR count). The lowest BCUT2D eigenvalue weighted by Gasteiger charge is -2.07. The lowest BCUT2D eigenvalue weighted by atomic mass is 10.1. The zero-order valence-corrected chi connectivity index (χ0v) is 14.6. The normalized spacial score (nSPS) is 10.2. The molecule has 130 valence electrons. The van der Waals surface area contributed by atoms with Crippen LogP contribution in [0.3, 0.4) is 0 Å². The molecule has 5 nitrogen and oxygen atoms in total. The fraction of sp³-hybridized carbons (Fsp3) is 0.167. The van der Waals surface area contributed by atoms with Gasteiger partial charge < -0.3 is 10.1 Å². The van der Waals surface area contributed by atoms with Crippen molar-refractivity contribution in [2.24, 2.45) is 0 Å². The molecule has 0 aliphatic rings. The van der Waals surface area contributed by atoms with E-state index in [2.05, 4.69) is 5.32 Å². The maximum Gasteiger partial charge on any atom is 0.306 e. The van der Waals surface area contributed by atoms with Gasteiger partial charge in [0, 0.05) is 22.7 Å². The summed E-state index contributed by atoms with van der Waals surface area (Å²) in [5.74, 6) is -1.37. The molecule has 0 heterocycles. The first-order chi connectivity index (χ1) is 12.0. The summed E-state index contributed by atoms with van der Waals surface area (Å²) >= 11 is 11.7. The molecule has 0 saturated carbocycles. The molecule has 0 spiro atoms. The molecule has 0 bridgehead atoms. The van der Waals surface area contributed by atoms with Crippen molar-refractivity contribution in [3.63, 3.8) is 0 Å². The Bertz CT molecular complexity index is 775. The molecule has 1 amide bonds. The number of halogens is 2. The van der Waals surface area contributed by atoms with Gasteiger partial charge in [-0.25, -0.2) is 0 Å². The van der Waals surface area contributed by atoms with Crippen molar-refractivity contribution in [2.75, 3.05) is 11.9 Å². The van der Waals surface area contributed by atoms with Gasteiger partial charge in [-0.15, -0.1) is 0 Å². The molecule has 7 heteroatoms. The predicted octanol–water partition coefficient (Wildman–Crippen LogP) is 4.14. The Kier molecular flexibility index (Phi) is 6.98. The molecule has 0 saturated heterocycles. The number of carbonyl (C=O) groups excluding carboxylic acids is 3. The Morgan fingerprint density at radius 1 is 0.920 bits per heavy atom. The first-order valence-electron chi connectivity index (χ1n) is 7.44. The smallest absolute Gasteiger partial charge is 0.306 e. The average Bonchev–Trinajstić information content (AvgIpc) is 2.60. The SMILES string of the molecule is O=C(CCC(=O)OCC(=O)c1ccccc1Cl)Nc1ccc(Cl)cc1. The molecule has 0 unspecified atom stereocenters. The third-order valence-electron chi connectivity index (χ3n) is 3.22. The highest BCUT2D eigenvalue weighted by Crippen LogP contribution is 2.16.